The largest absolute Gasteiger partial charge is 0.489 e. The van der Waals surface area contributed by atoms with Crippen molar-refractivity contribution < 1.29 is 19.0 Å². The normalized spacial score (nSPS) is 10.8. The number of aromatic carboxylic acids is 1. The van der Waals surface area contributed by atoms with Gasteiger partial charge in [-0.05, 0) is 25.1 Å². The molecule has 0 aliphatic heterocycles. The molecular weight excluding hydrogens is 285 g/mol. The van der Waals surface area contributed by atoms with Crippen molar-refractivity contribution in [2.45, 2.75) is 13.5 Å². The van der Waals surface area contributed by atoms with Gasteiger partial charge in [0.25, 0.3) is 0 Å². The maximum absolute atomic E-state index is 13.5. The number of aromatic nitrogens is 1. The van der Waals surface area contributed by atoms with E-state index in [1.807, 2.05) is 0 Å². The van der Waals surface area contributed by atoms with Crippen molar-refractivity contribution in [3.8, 4) is 5.75 Å². The number of aromatic amines is 1. The SMILES string of the molecule is Cc1[nH]c2cc(OCc3ccccc3F)ccc2c1C(=O)O. The standard InChI is InChI=1S/C17H14FNO3/c1-10-16(17(20)21)13-7-6-12(8-15(13)19-10)22-9-11-4-2-3-5-14(11)18/h2-8,19H,9H2,1H3,(H,20,21). The highest BCUT2D eigenvalue weighted by Crippen LogP contribution is 2.26. The van der Waals surface area contributed by atoms with Crippen molar-refractivity contribution in [1.29, 1.82) is 0 Å². The van der Waals surface area contributed by atoms with Crippen LogP contribution < -0.4 is 4.74 Å². The molecule has 0 saturated carbocycles. The van der Waals surface area contributed by atoms with Gasteiger partial charge >= 0.3 is 5.97 Å². The molecule has 3 rings (SSSR count). The molecular formula is C17H14FNO3. The topological polar surface area (TPSA) is 62.3 Å². The summed E-state index contributed by atoms with van der Waals surface area (Å²) < 4.78 is 19.1. The molecule has 0 aliphatic rings. The lowest BCUT2D eigenvalue weighted by molar-refractivity contribution is 0.0698. The third-order valence-electron chi connectivity index (χ3n) is 3.52. The van der Waals surface area contributed by atoms with Crippen LogP contribution in [0.2, 0.25) is 0 Å². The van der Waals surface area contributed by atoms with E-state index in [2.05, 4.69) is 4.98 Å². The van der Waals surface area contributed by atoms with E-state index in [1.165, 1.54) is 6.07 Å². The summed E-state index contributed by atoms with van der Waals surface area (Å²) in [5.41, 5.74) is 2.00. The number of hydrogen-bond donors (Lipinski definition) is 2. The molecule has 112 valence electrons. The molecule has 2 N–H and O–H groups in total. The average Bonchev–Trinajstić information content (AvgIpc) is 2.81. The zero-order valence-corrected chi connectivity index (χ0v) is 11.9. The molecule has 3 aromatic rings. The number of nitrogens with one attached hydrogen (secondary N) is 1. The quantitative estimate of drug-likeness (QED) is 0.768. The summed E-state index contributed by atoms with van der Waals surface area (Å²) in [4.78, 5) is 14.3. The molecule has 0 amide bonds. The highest BCUT2D eigenvalue weighted by molar-refractivity contribution is 6.04. The van der Waals surface area contributed by atoms with E-state index in [0.29, 0.717) is 27.9 Å². The van der Waals surface area contributed by atoms with Gasteiger partial charge in [0.15, 0.2) is 0 Å². The minimum atomic E-state index is -0.969. The number of ether oxygens (including phenoxy) is 1. The number of benzene rings is 2. The monoisotopic (exact) mass is 299 g/mol. The van der Waals surface area contributed by atoms with Crippen LogP contribution in [0.4, 0.5) is 4.39 Å². The van der Waals surface area contributed by atoms with E-state index in [0.717, 1.165) is 0 Å². The van der Waals surface area contributed by atoms with Gasteiger partial charge in [-0.3, -0.25) is 0 Å². The molecule has 1 aromatic heterocycles. The fourth-order valence-corrected chi connectivity index (χ4v) is 2.45. The molecule has 0 bridgehead atoms. The third-order valence-corrected chi connectivity index (χ3v) is 3.52. The number of hydrogen-bond acceptors (Lipinski definition) is 2. The predicted molar refractivity (Wildman–Crippen MR) is 80.7 cm³/mol. The summed E-state index contributed by atoms with van der Waals surface area (Å²) in [6.45, 7) is 1.83. The van der Waals surface area contributed by atoms with Crippen molar-refractivity contribution >= 4 is 16.9 Å². The molecule has 0 unspecified atom stereocenters. The minimum Gasteiger partial charge on any atom is -0.489 e. The highest BCUT2D eigenvalue weighted by Gasteiger charge is 2.15. The second-order valence-electron chi connectivity index (χ2n) is 5.02. The lowest BCUT2D eigenvalue weighted by atomic mass is 10.1. The molecule has 22 heavy (non-hydrogen) atoms. The van der Waals surface area contributed by atoms with E-state index in [-0.39, 0.29) is 18.0 Å². The van der Waals surface area contributed by atoms with Crippen LogP contribution in [0, 0.1) is 12.7 Å². The first-order chi connectivity index (χ1) is 10.6. The molecule has 1 heterocycles. The molecule has 0 saturated heterocycles. The van der Waals surface area contributed by atoms with Crippen LogP contribution in [0.1, 0.15) is 21.6 Å². The first-order valence-corrected chi connectivity index (χ1v) is 6.78. The van der Waals surface area contributed by atoms with Crippen LogP contribution in [0.25, 0.3) is 10.9 Å². The van der Waals surface area contributed by atoms with Crippen LogP contribution in [-0.4, -0.2) is 16.1 Å². The van der Waals surface area contributed by atoms with Gasteiger partial charge in [0.1, 0.15) is 18.2 Å². The van der Waals surface area contributed by atoms with E-state index in [4.69, 9.17) is 4.74 Å². The summed E-state index contributed by atoms with van der Waals surface area (Å²) in [5.74, 6) is -0.731. The van der Waals surface area contributed by atoms with Gasteiger partial charge < -0.3 is 14.8 Å². The Labute approximate surface area is 126 Å². The van der Waals surface area contributed by atoms with Gasteiger partial charge in [-0.1, -0.05) is 18.2 Å². The first kappa shape index (κ1) is 14.1. The number of carboxylic acids is 1. The number of carboxylic acid groups (broad SMARTS) is 1. The van der Waals surface area contributed by atoms with Crippen LogP contribution >= 0.6 is 0 Å². The molecule has 0 spiro atoms. The van der Waals surface area contributed by atoms with E-state index < -0.39 is 5.97 Å². The zero-order chi connectivity index (χ0) is 15.7. The Hall–Kier alpha value is -2.82. The molecule has 4 nitrogen and oxygen atoms in total. The number of carbonyl (C=O) groups is 1. The number of fused-ring (bicyclic) bond motifs is 1. The Morgan fingerprint density at radius 2 is 2.05 bits per heavy atom. The summed E-state index contributed by atoms with van der Waals surface area (Å²) in [7, 11) is 0. The third kappa shape index (κ3) is 2.53. The lowest BCUT2D eigenvalue weighted by Crippen LogP contribution is -1.98. The zero-order valence-electron chi connectivity index (χ0n) is 11.9. The van der Waals surface area contributed by atoms with Gasteiger partial charge in [-0.2, -0.15) is 0 Å². The second-order valence-corrected chi connectivity index (χ2v) is 5.02. The Morgan fingerprint density at radius 1 is 1.27 bits per heavy atom. The van der Waals surface area contributed by atoms with Gasteiger partial charge in [0.05, 0.1) is 11.1 Å². The highest BCUT2D eigenvalue weighted by atomic mass is 19.1. The fourth-order valence-electron chi connectivity index (χ4n) is 2.45. The van der Waals surface area contributed by atoms with Crippen molar-refractivity contribution in [3.63, 3.8) is 0 Å². The Kier molecular flexibility index (Phi) is 3.55. The number of rotatable bonds is 4. The van der Waals surface area contributed by atoms with Crippen molar-refractivity contribution in [1.82, 2.24) is 4.98 Å². The van der Waals surface area contributed by atoms with E-state index in [1.54, 1.807) is 43.3 Å². The summed E-state index contributed by atoms with van der Waals surface area (Å²) in [6.07, 6.45) is 0. The summed E-state index contributed by atoms with van der Waals surface area (Å²) in [5, 5.41) is 9.84. The van der Waals surface area contributed by atoms with Gasteiger partial charge in [0, 0.05) is 22.7 Å². The molecule has 0 radical (unpaired) electrons. The predicted octanol–water partition coefficient (Wildman–Crippen LogP) is 3.89. The van der Waals surface area contributed by atoms with Crippen molar-refractivity contribution in [2.24, 2.45) is 0 Å². The van der Waals surface area contributed by atoms with Crippen LogP contribution in [-0.2, 0) is 6.61 Å². The average molecular weight is 299 g/mol. The van der Waals surface area contributed by atoms with Crippen molar-refractivity contribution in [2.75, 3.05) is 0 Å². The van der Waals surface area contributed by atoms with Crippen LogP contribution in [0.3, 0.4) is 0 Å². The Balaban J connectivity index is 1.87. The summed E-state index contributed by atoms with van der Waals surface area (Å²) in [6, 6.07) is 11.5. The van der Waals surface area contributed by atoms with Gasteiger partial charge in [0.2, 0.25) is 0 Å². The van der Waals surface area contributed by atoms with E-state index in [9.17, 15) is 14.3 Å². The number of aryl methyl sites for hydroxylation is 1. The van der Waals surface area contributed by atoms with Crippen LogP contribution in [0.5, 0.6) is 5.75 Å². The minimum absolute atomic E-state index is 0.115. The molecule has 5 heteroatoms. The maximum atomic E-state index is 13.5. The number of halogens is 1. The van der Waals surface area contributed by atoms with Gasteiger partial charge in [-0.25, -0.2) is 9.18 Å². The lowest BCUT2D eigenvalue weighted by Gasteiger charge is -2.07. The molecule has 2 aromatic carbocycles. The molecule has 0 atom stereocenters. The number of H-pyrrole nitrogens is 1. The smallest absolute Gasteiger partial charge is 0.338 e. The fraction of sp³-hybridized carbons (Fsp3) is 0.118. The first-order valence-electron chi connectivity index (χ1n) is 6.78. The van der Waals surface area contributed by atoms with Crippen molar-refractivity contribution in [3.05, 3.63) is 65.1 Å². The van der Waals surface area contributed by atoms with E-state index >= 15 is 0 Å². The molecule has 0 fully saturated rings. The Morgan fingerprint density at radius 3 is 2.77 bits per heavy atom. The van der Waals surface area contributed by atoms with Crippen LogP contribution in [0.15, 0.2) is 42.5 Å². The maximum Gasteiger partial charge on any atom is 0.338 e. The Bertz CT molecular complexity index is 854. The van der Waals surface area contributed by atoms with Gasteiger partial charge in [-0.15, -0.1) is 0 Å². The second kappa shape index (κ2) is 5.52. The summed E-state index contributed by atoms with van der Waals surface area (Å²) >= 11 is 0. The molecule has 0 aliphatic carbocycles.